The van der Waals surface area contributed by atoms with Crippen LogP contribution in [0.25, 0.3) is 11.0 Å². The second-order valence-electron chi connectivity index (χ2n) is 7.06. The number of carbonyl (C=O) groups is 1. The summed E-state index contributed by atoms with van der Waals surface area (Å²) < 4.78 is 6.99. The Morgan fingerprint density at radius 2 is 2.00 bits per heavy atom. The molecule has 0 radical (unpaired) electrons. The van der Waals surface area contributed by atoms with E-state index in [2.05, 4.69) is 39.4 Å². The molecular weight excluding hydrogens is 332 g/mol. The Labute approximate surface area is 152 Å². The molecule has 0 aliphatic heterocycles. The molecule has 3 aromatic rings. The van der Waals surface area contributed by atoms with Gasteiger partial charge in [0.05, 0.1) is 16.6 Å². The van der Waals surface area contributed by atoms with Gasteiger partial charge in [-0.25, -0.2) is 4.98 Å². The molecule has 8 heteroatoms. The molecule has 1 N–H and O–H groups in total. The maximum Gasteiger partial charge on any atom is 0.252 e. The molecule has 0 saturated carbocycles. The largest absolute Gasteiger partial charge is 0.340 e. The Hall–Kier alpha value is -2.77. The number of pyridine rings is 1. The van der Waals surface area contributed by atoms with Crippen molar-refractivity contribution >= 4 is 16.9 Å². The van der Waals surface area contributed by atoms with Crippen LogP contribution >= 0.6 is 0 Å². The number of amides is 1. The molecule has 0 aromatic carbocycles. The van der Waals surface area contributed by atoms with Gasteiger partial charge in [-0.15, -0.1) is 0 Å². The van der Waals surface area contributed by atoms with Crippen molar-refractivity contribution in [1.29, 1.82) is 0 Å². The fraction of sp³-hybridized carbons (Fsp3) is 0.500. The van der Waals surface area contributed by atoms with E-state index in [-0.39, 0.29) is 5.91 Å². The van der Waals surface area contributed by atoms with Gasteiger partial charge < -0.3 is 9.84 Å². The highest BCUT2D eigenvalue weighted by atomic mass is 16.5. The second-order valence-corrected chi connectivity index (χ2v) is 7.06. The molecule has 0 saturated heterocycles. The van der Waals surface area contributed by atoms with E-state index >= 15 is 0 Å². The maximum atomic E-state index is 12.9. The molecule has 8 nitrogen and oxygen atoms in total. The number of fused-ring (bicyclic) bond motifs is 1. The van der Waals surface area contributed by atoms with Crippen molar-refractivity contribution in [1.82, 2.24) is 30.2 Å². The monoisotopic (exact) mass is 356 g/mol. The predicted molar refractivity (Wildman–Crippen MR) is 96.7 cm³/mol. The van der Waals surface area contributed by atoms with E-state index in [0.717, 1.165) is 23.2 Å². The predicted octanol–water partition coefficient (Wildman–Crippen LogP) is 2.66. The first-order chi connectivity index (χ1) is 12.3. The lowest BCUT2D eigenvalue weighted by molar-refractivity contribution is 0.0934. The van der Waals surface area contributed by atoms with Crippen LogP contribution in [0.15, 0.2) is 10.6 Å². The normalized spacial score (nSPS) is 12.7. The third-order valence-corrected chi connectivity index (χ3v) is 4.13. The van der Waals surface area contributed by atoms with Crippen LogP contribution < -0.4 is 5.32 Å². The molecular formula is C18H24N6O2. The Balaban J connectivity index is 1.86. The number of nitrogens with one attached hydrogen (secondary N) is 1. The first kappa shape index (κ1) is 18.0. The van der Waals surface area contributed by atoms with Gasteiger partial charge in [-0.2, -0.15) is 10.1 Å². The van der Waals surface area contributed by atoms with Gasteiger partial charge in [0.25, 0.3) is 5.91 Å². The summed E-state index contributed by atoms with van der Waals surface area (Å²) in [6, 6.07) is 1.38. The zero-order chi connectivity index (χ0) is 19.0. The number of aromatic nitrogens is 5. The average Bonchev–Trinajstić information content (AvgIpc) is 3.11. The van der Waals surface area contributed by atoms with Crippen LogP contribution in [0.3, 0.4) is 0 Å². The first-order valence-electron chi connectivity index (χ1n) is 8.70. The molecule has 0 spiro atoms. The minimum absolute atomic E-state index is 0.215. The number of nitrogens with zero attached hydrogens (tertiary/aromatic N) is 5. The van der Waals surface area contributed by atoms with Gasteiger partial charge in [0.2, 0.25) is 5.89 Å². The zero-order valence-electron chi connectivity index (χ0n) is 16.0. The van der Waals surface area contributed by atoms with E-state index in [4.69, 9.17) is 4.52 Å². The van der Waals surface area contributed by atoms with Crippen molar-refractivity contribution < 1.29 is 9.32 Å². The molecule has 3 heterocycles. The van der Waals surface area contributed by atoms with E-state index in [1.165, 1.54) is 0 Å². The third-order valence-electron chi connectivity index (χ3n) is 4.13. The maximum absolute atomic E-state index is 12.9. The Bertz CT molecular complexity index is 956. The molecule has 3 rings (SSSR count). The number of carbonyl (C=O) groups excluding carboxylic acids is 1. The Morgan fingerprint density at radius 1 is 1.27 bits per heavy atom. The SMILES string of the molecule is Cc1cc(C(=O)N[C@H](C)c2nc(CC(C)C)no2)c2c(C)nn(C)c2n1. The summed E-state index contributed by atoms with van der Waals surface area (Å²) in [5, 5.41) is 12.0. The van der Waals surface area contributed by atoms with Crippen LogP contribution in [0.2, 0.25) is 0 Å². The van der Waals surface area contributed by atoms with Crippen LogP contribution in [0.5, 0.6) is 0 Å². The summed E-state index contributed by atoms with van der Waals surface area (Å²) in [6.07, 6.45) is 0.739. The zero-order valence-corrected chi connectivity index (χ0v) is 16.0. The highest BCUT2D eigenvalue weighted by Crippen LogP contribution is 2.22. The fourth-order valence-corrected chi connectivity index (χ4v) is 2.98. The molecule has 0 fully saturated rings. The summed E-state index contributed by atoms with van der Waals surface area (Å²) in [5.74, 6) is 1.28. The van der Waals surface area contributed by atoms with E-state index in [0.29, 0.717) is 28.8 Å². The molecule has 1 amide bonds. The van der Waals surface area contributed by atoms with E-state index in [9.17, 15) is 4.79 Å². The molecule has 0 aliphatic rings. The number of rotatable bonds is 5. The molecule has 1 atom stereocenters. The number of hydrogen-bond donors (Lipinski definition) is 1. The van der Waals surface area contributed by atoms with Crippen molar-refractivity contribution in [3.63, 3.8) is 0 Å². The molecule has 0 unspecified atom stereocenters. The average molecular weight is 356 g/mol. The molecule has 138 valence electrons. The van der Waals surface area contributed by atoms with Gasteiger partial charge in [-0.3, -0.25) is 9.48 Å². The number of hydrogen-bond acceptors (Lipinski definition) is 6. The number of aryl methyl sites for hydroxylation is 3. The van der Waals surface area contributed by atoms with Crippen LogP contribution in [0.1, 0.15) is 60.3 Å². The topological polar surface area (TPSA) is 98.7 Å². The van der Waals surface area contributed by atoms with Gasteiger partial charge in [0.15, 0.2) is 11.5 Å². The Kier molecular flexibility index (Phi) is 4.76. The van der Waals surface area contributed by atoms with Crippen molar-refractivity contribution in [2.24, 2.45) is 13.0 Å². The van der Waals surface area contributed by atoms with E-state index in [1.807, 2.05) is 27.8 Å². The summed E-state index contributed by atoms with van der Waals surface area (Å²) >= 11 is 0. The van der Waals surface area contributed by atoms with Gasteiger partial charge >= 0.3 is 0 Å². The van der Waals surface area contributed by atoms with Crippen molar-refractivity contribution in [2.45, 2.75) is 47.1 Å². The van der Waals surface area contributed by atoms with Gasteiger partial charge in [-0.1, -0.05) is 19.0 Å². The van der Waals surface area contributed by atoms with Gasteiger partial charge in [0, 0.05) is 19.2 Å². The summed E-state index contributed by atoms with van der Waals surface area (Å²) in [7, 11) is 1.82. The highest BCUT2D eigenvalue weighted by Gasteiger charge is 2.22. The lowest BCUT2D eigenvalue weighted by Crippen LogP contribution is -2.27. The Morgan fingerprint density at radius 3 is 2.69 bits per heavy atom. The van der Waals surface area contributed by atoms with E-state index in [1.54, 1.807) is 10.7 Å². The van der Waals surface area contributed by atoms with Crippen molar-refractivity contribution in [3.05, 3.63) is 34.7 Å². The first-order valence-corrected chi connectivity index (χ1v) is 8.70. The van der Waals surface area contributed by atoms with Gasteiger partial charge in [-0.05, 0) is 32.8 Å². The molecule has 3 aromatic heterocycles. The van der Waals surface area contributed by atoms with Crippen molar-refractivity contribution in [3.8, 4) is 0 Å². The molecule has 0 bridgehead atoms. The fourth-order valence-electron chi connectivity index (χ4n) is 2.98. The lowest BCUT2D eigenvalue weighted by atomic mass is 10.1. The van der Waals surface area contributed by atoms with Crippen molar-refractivity contribution in [2.75, 3.05) is 0 Å². The standard InChI is InChI=1S/C18H24N6O2/c1-9(2)7-14-21-18(26-23-14)12(5)20-17(25)13-8-10(3)19-16-15(13)11(4)22-24(16)6/h8-9,12H,7H2,1-6H3,(H,20,25)/t12-/m1/s1. The quantitative estimate of drug-likeness (QED) is 0.754. The summed E-state index contributed by atoms with van der Waals surface area (Å²) in [5.41, 5.74) is 2.77. The lowest BCUT2D eigenvalue weighted by Gasteiger charge is -2.11. The highest BCUT2D eigenvalue weighted by molar-refractivity contribution is 6.06. The summed E-state index contributed by atoms with van der Waals surface area (Å²) in [4.78, 5) is 21.7. The van der Waals surface area contributed by atoms with Gasteiger partial charge in [0.1, 0.15) is 6.04 Å². The van der Waals surface area contributed by atoms with Crippen LogP contribution in [0, 0.1) is 19.8 Å². The van der Waals surface area contributed by atoms with Crippen LogP contribution in [-0.4, -0.2) is 30.8 Å². The summed E-state index contributed by atoms with van der Waals surface area (Å²) in [6.45, 7) is 9.74. The third kappa shape index (κ3) is 3.44. The van der Waals surface area contributed by atoms with Crippen LogP contribution in [-0.2, 0) is 13.5 Å². The molecule has 0 aliphatic carbocycles. The smallest absolute Gasteiger partial charge is 0.252 e. The molecule has 26 heavy (non-hydrogen) atoms. The minimum Gasteiger partial charge on any atom is -0.340 e. The minimum atomic E-state index is -0.392. The van der Waals surface area contributed by atoms with Crippen LogP contribution in [0.4, 0.5) is 0 Å². The second kappa shape index (κ2) is 6.86. The van der Waals surface area contributed by atoms with E-state index < -0.39 is 6.04 Å².